The van der Waals surface area contributed by atoms with Crippen LogP contribution in [-0.2, 0) is 6.42 Å². The van der Waals surface area contributed by atoms with E-state index in [9.17, 15) is 15.0 Å². The van der Waals surface area contributed by atoms with E-state index in [1.807, 2.05) is 0 Å². The van der Waals surface area contributed by atoms with Crippen molar-refractivity contribution in [3.63, 3.8) is 0 Å². The lowest BCUT2D eigenvalue weighted by atomic mass is 10.0. The molecule has 20 heavy (non-hydrogen) atoms. The number of hydrogen-bond donors (Lipinski definition) is 3. The van der Waals surface area contributed by atoms with E-state index in [-0.39, 0.29) is 24.3 Å². The molecule has 1 atom stereocenters. The Labute approximate surface area is 118 Å². The maximum atomic E-state index is 11.2. The Morgan fingerprint density at radius 1 is 1.20 bits per heavy atom. The highest BCUT2D eigenvalue weighted by Gasteiger charge is 2.13. The van der Waals surface area contributed by atoms with E-state index in [0.29, 0.717) is 12.0 Å². The van der Waals surface area contributed by atoms with Crippen LogP contribution in [0, 0.1) is 6.92 Å². The number of rotatable bonds is 9. The molecule has 0 bridgehead atoms. The Morgan fingerprint density at radius 3 is 2.55 bits per heavy atom. The zero-order valence-electron chi connectivity index (χ0n) is 12.0. The summed E-state index contributed by atoms with van der Waals surface area (Å²) in [6.07, 6.45) is 6.42. The van der Waals surface area contributed by atoms with Crippen molar-refractivity contribution in [3.8, 4) is 5.75 Å². The highest BCUT2D eigenvalue weighted by Crippen LogP contribution is 2.21. The predicted molar refractivity (Wildman–Crippen MR) is 75.9 cm³/mol. The maximum Gasteiger partial charge on any atom is 0.342 e. The maximum absolute atomic E-state index is 11.2. The Bertz CT molecular complexity index is 452. The van der Waals surface area contributed by atoms with E-state index in [1.54, 1.807) is 0 Å². The SMILES string of the molecule is Cc1c(O)c(C[C@@H](O)CCCCCCCO)coc1=O. The molecule has 1 aromatic heterocycles. The van der Waals surface area contributed by atoms with E-state index in [4.69, 9.17) is 9.52 Å². The third kappa shape index (κ3) is 5.35. The van der Waals surface area contributed by atoms with Gasteiger partial charge in [0.15, 0.2) is 0 Å². The second-order valence-electron chi connectivity index (χ2n) is 5.16. The van der Waals surface area contributed by atoms with Crippen LogP contribution in [0.25, 0.3) is 0 Å². The van der Waals surface area contributed by atoms with Crippen molar-refractivity contribution < 1.29 is 19.7 Å². The second kappa shape index (κ2) is 8.76. The van der Waals surface area contributed by atoms with Gasteiger partial charge in [-0.3, -0.25) is 0 Å². The van der Waals surface area contributed by atoms with E-state index in [1.165, 1.54) is 13.2 Å². The van der Waals surface area contributed by atoms with Crippen LogP contribution in [-0.4, -0.2) is 28.0 Å². The number of unbranched alkanes of at least 4 members (excludes halogenated alkanes) is 4. The highest BCUT2D eigenvalue weighted by atomic mass is 16.4. The molecule has 1 rings (SSSR count). The monoisotopic (exact) mass is 284 g/mol. The van der Waals surface area contributed by atoms with Crippen molar-refractivity contribution in [2.24, 2.45) is 0 Å². The van der Waals surface area contributed by atoms with Gasteiger partial charge in [-0.05, 0) is 19.8 Å². The molecule has 0 amide bonds. The zero-order valence-corrected chi connectivity index (χ0v) is 12.0. The lowest BCUT2D eigenvalue weighted by Gasteiger charge is -2.11. The molecule has 1 heterocycles. The average molecular weight is 284 g/mol. The standard InChI is InChI=1S/C15H24O5/c1-11-14(18)12(10-20-15(11)19)9-13(17)7-5-3-2-4-6-8-16/h10,13,16-18H,2-9H2,1H3/t13-/m0/s1. The smallest absolute Gasteiger partial charge is 0.342 e. The highest BCUT2D eigenvalue weighted by molar-refractivity contribution is 5.35. The van der Waals surface area contributed by atoms with Crippen LogP contribution in [0.1, 0.15) is 49.7 Å². The molecule has 0 aliphatic heterocycles. The molecule has 114 valence electrons. The van der Waals surface area contributed by atoms with E-state index >= 15 is 0 Å². The number of hydrogen-bond acceptors (Lipinski definition) is 5. The lowest BCUT2D eigenvalue weighted by molar-refractivity contribution is 0.159. The summed E-state index contributed by atoms with van der Waals surface area (Å²) in [5, 5.41) is 28.4. The molecule has 0 unspecified atom stereocenters. The van der Waals surface area contributed by atoms with Gasteiger partial charge in [-0.15, -0.1) is 0 Å². The third-order valence-corrected chi connectivity index (χ3v) is 3.42. The molecule has 0 aliphatic rings. The summed E-state index contributed by atoms with van der Waals surface area (Å²) in [5.41, 5.74) is 0.0956. The predicted octanol–water partition coefficient (Wildman–Crippen LogP) is 1.89. The molecule has 0 fully saturated rings. The van der Waals surface area contributed by atoms with Gasteiger partial charge >= 0.3 is 5.63 Å². The summed E-state index contributed by atoms with van der Waals surface area (Å²) < 4.78 is 4.79. The van der Waals surface area contributed by atoms with Crippen LogP contribution < -0.4 is 5.63 Å². The van der Waals surface area contributed by atoms with Crippen molar-refractivity contribution >= 4 is 0 Å². The normalized spacial score (nSPS) is 12.6. The summed E-state index contributed by atoms with van der Waals surface area (Å²) in [7, 11) is 0. The van der Waals surface area contributed by atoms with Crippen molar-refractivity contribution in [2.75, 3.05) is 6.61 Å². The minimum atomic E-state index is -0.551. The van der Waals surface area contributed by atoms with Gasteiger partial charge in [0.1, 0.15) is 12.0 Å². The molecule has 0 saturated heterocycles. The van der Waals surface area contributed by atoms with Gasteiger partial charge in [0, 0.05) is 18.6 Å². The molecule has 0 aromatic carbocycles. The minimum absolute atomic E-state index is 0.0803. The first kappa shape index (κ1) is 16.7. The van der Waals surface area contributed by atoms with Crippen LogP contribution in [0.3, 0.4) is 0 Å². The summed E-state index contributed by atoms with van der Waals surface area (Å²) in [5.74, 6) is -0.0803. The van der Waals surface area contributed by atoms with Crippen LogP contribution in [0.15, 0.2) is 15.5 Å². The van der Waals surface area contributed by atoms with Crippen LogP contribution in [0.2, 0.25) is 0 Å². The van der Waals surface area contributed by atoms with Gasteiger partial charge < -0.3 is 19.7 Å². The summed E-state index contributed by atoms with van der Waals surface area (Å²) in [6, 6.07) is 0. The van der Waals surface area contributed by atoms with Crippen molar-refractivity contribution in [1.82, 2.24) is 0 Å². The van der Waals surface area contributed by atoms with Crippen molar-refractivity contribution in [3.05, 3.63) is 27.8 Å². The molecule has 0 aliphatic carbocycles. The lowest BCUT2D eigenvalue weighted by Crippen LogP contribution is -2.12. The molecular weight excluding hydrogens is 260 g/mol. The average Bonchev–Trinajstić information content (AvgIpc) is 2.43. The van der Waals surface area contributed by atoms with Gasteiger partial charge in [0.05, 0.1) is 11.7 Å². The van der Waals surface area contributed by atoms with Gasteiger partial charge in [-0.2, -0.15) is 0 Å². The molecule has 1 aromatic rings. The van der Waals surface area contributed by atoms with Crippen LogP contribution in [0.5, 0.6) is 5.75 Å². The van der Waals surface area contributed by atoms with Gasteiger partial charge in [0.25, 0.3) is 0 Å². The Hall–Kier alpha value is -1.33. The number of aliphatic hydroxyl groups is 2. The summed E-state index contributed by atoms with van der Waals surface area (Å²) in [4.78, 5) is 11.2. The summed E-state index contributed by atoms with van der Waals surface area (Å²) >= 11 is 0. The first-order valence-electron chi connectivity index (χ1n) is 7.15. The Balaban J connectivity index is 2.34. The van der Waals surface area contributed by atoms with Crippen molar-refractivity contribution in [1.29, 1.82) is 0 Å². The van der Waals surface area contributed by atoms with Crippen LogP contribution in [0.4, 0.5) is 0 Å². The Morgan fingerprint density at radius 2 is 1.85 bits per heavy atom. The first-order chi connectivity index (χ1) is 9.56. The van der Waals surface area contributed by atoms with E-state index in [0.717, 1.165) is 32.1 Å². The Kier molecular flexibility index (Phi) is 7.33. The number of aliphatic hydroxyl groups excluding tert-OH is 2. The van der Waals surface area contributed by atoms with Gasteiger partial charge in [-0.25, -0.2) is 4.79 Å². The molecule has 0 saturated carbocycles. The third-order valence-electron chi connectivity index (χ3n) is 3.42. The molecule has 5 nitrogen and oxygen atoms in total. The fourth-order valence-corrected chi connectivity index (χ4v) is 2.13. The molecule has 0 spiro atoms. The van der Waals surface area contributed by atoms with Gasteiger partial charge in [0.2, 0.25) is 0 Å². The zero-order chi connectivity index (χ0) is 15.0. The summed E-state index contributed by atoms with van der Waals surface area (Å²) in [6.45, 7) is 1.73. The largest absolute Gasteiger partial charge is 0.507 e. The molecule has 5 heteroatoms. The molecular formula is C15H24O5. The molecule has 3 N–H and O–H groups in total. The van der Waals surface area contributed by atoms with E-state index < -0.39 is 11.7 Å². The van der Waals surface area contributed by atoms with Crippen LogP contribution >= 0.6 is 0 Å². The fourth-order valence-electron chi connectivity index (χ4n) is 2.13. The quantitative estimate of drug-likeness (QED) is 0.602. The fraction of sp³-hybridized carbons (Fsp3) is 0.667. The number of aromatic hydroxyl groups is 1. The topological polar surface area (TPSA) is 90.9 Å². The minimum Gasteiger partial charge on any atom is -0.507 e. The van der Waals surface area contributed by atoms with E-state index in [2.05, 4.69) is 0 Å². The second-order valence-corrected chi connectivity index (χ2v) is 5.16. The van der Waals surface area contributed by atoms with Crippen molar-refractivity contribution in [2.45, 2.75) is 58.0 Å². The van der Waals surface area contributed by atoms with Gasteiger partial charge in [-0.1, -0.05) is 25.7 Å². The first-order valence-corrected chi connectivity index (χ1v) is 7.15. The molecule has 0 radical (unpaired) electrons.